The van der Waals surface area contributed by atoms with Gasteiger partial charge in [0.15, 0.2) is 0 Å². The average molecular weight is 197 g/mol. The Balaban J connectivity index is 2.87. The lowest BCUT2D eigenvalue weighted by molar-refractivity contribution is 0.278. The van der Waals surface area contributed by atoms with Gasteiger partial charge in [0, 0.05) is 12.4 Å². The van der Waals surface area contributed by atoms with Crippen molar-refractivity contribution in [3.8, 4) is 0 Å². The highest BCUT2D eigenvalue weighted by Crippen LogP contribution is 1.97. The lowest BCUT2D eigenvalue weighted by Gasteiger charge is -2.16. The van der Waals surface area contributed by atoms with Crippen LogP contribution in [0.15, 0.2) is 12.4 Å². The van der Waals surface area contributed by atoms with Crippen molar-refractivity contribution in [3.63, 3.8) is 0 Å². The molecule has 0 bridgehead atoms. The summed E-state index contributed by atoms with van der Waals surface area (Å²) in [6.07, 6.45) is 3.83. The van der Waals surface area contributed by atoms with E-state index in [4.69, 9.17) is 12.2 Å². The zero-order valence-electron chi connectivity index (χ0n) is 8.32. The van der Waals surface area contributed by atoms with E-state index >= 15 is 0 Å². The first kappa shape index (κ1) is 10.3. The highest BCUT2D eigenvalue weighted by Gasteiger charge is 1.97. The maximum atomic E-state index is 5.10. The van der Waals surface area contributed by atoms with Gasteiger partial charge in [-0.25, -0.2) is 4.98 Å². The molecule has 1 heterocycles. The first-order valence-electron chi connectivity index (χ1n) is 4.35. The fourth-order valence-corrected chi connectivity index (χ4v) is 1.19. The molecule has 0 saturated heterocycles. The molecule has 0 unspecified atom stereocenters. The van der Waals surface area contributed by atoms with E-state index in [9.17, 15) is 0 Å². The smallest absolute Gasteiger partial charge is 0.200 e. The highest BCUT2D eigenvalue weighted by atomic mass is 32.1. The predicted molar refractivity (Wildman–Crippen MR) is 56.1 cm³/mol. The van der Waals surface area contributed by atoms with Gasteiger partial charge < -0.3 is 4.57 Å². The van der Waals surface area contributed by atoms with Gasteiger partial charge in [0.2, 0.25) is 4.77 Å². The Kier molecular flexibility index (Phi) is 3.57. The van der Waals surface area contributed by atoms with Gasteiger partial charge in [-0.3, -0.25) is 4.90 Å². The third kappa shape index (κ3) is 2.90. The van der Waals surface area contributed by atoms with Crippen LogP contribution in [0, 0.1) is 11.7 Å². The Morgan fingerprint density at radius 3 is 2.92 bits per heavy atom. The van der Waals surface area contributed by atoms with Crippen LogP contribution in [0.3, 0.4) is 0 Å². The molecule has 0 atom stereocenters. The molecule has 1 aromatic heterocycles. The van der Waals surface area contributed by atoms with Gasteiger partial charge in [-0.2, -0.15) is 0 Å². The summed E-state index contributed by atoms with van der Waals surface area (Å²) < 4.78 is 2.62. The van der Waals surface area contributed by atoms with Crippen LogP contribution in [-0.4, -0.2) is 28.0 Å². The van der Waals surface area contributed by atoms with Crippen molar-refractivity contribution >= 4 is 12.2 Å². The molecule has 72 valence electrons. The number of aryl methyl sites for hydroxylation is 1. The van der Waals surface area contributed by atoms with E-state index < -0.39 is 0 Å². The fourth-order valence-electron chi connectivity index (χ4n) is 1.03. The van der Waals surface area contributed by atoms with Crippen LogP contribution in [-0.2, 0) is 6.67 Å². The predicted octanol–water partition coefficient (Wildman–Crippen LogP) is 1.83. The maximum Gasteiger partial charge on any atom is 0.200 e. The average Bonchev–Trinajstić information content (AvgIpc) is 2.11. The molecule has 0 N–H and O–H groups in total. The van der Waals surface area contributed by atoms with Gasteiger partial charge >= 0.3 is 0 Å². The van der Waals surface area contributed by atoms with E-state index in [-0.39, 0.29) is 0 Å². The van der Waals surface area contributed by atoms with Gasteiger partial charge in [-0.1, -0.05) is 6.92 Å². The van der Waals surface area contributed by atoms with Crippen molar-refractivity contribution in [1.82, 2.24) is 14.5 Å². The zero-order chi connectivity index (χ0) is 9.84. The molecular weight excluding hydrogens is 182 g/mol. The largest absolute Gasteiger partial charge is 0.310 e. The summed E-state index contributed by atoms with van der Waals surface area (Å²) in [5.41, 5.74) is 1.14. The summed E-state index contributed by atoms with van der Waals surface area (Å²) in [6.45, 7) is 5.96. The number of hydrogen-bond donors (Lipinski definition) is 0. The molecular formula is C9H15N3S. The third-order valence-electron chi connectivity index (χ3n) is 1.92. The summed E-state index contributed by atoms with van der Waals surface area (Å²) in [5.74, 6) is 0. The Morgan fingerprint density at radius 1 is 1.62 bits per heavy atom. The van der Waals surface area contributed by atoms with Crippen LogP contribution in [0.25, 0.3) is 0 Å². The lowest BCUT2D eigenvalue weighted by atomic mass is 10.4. The monoisotopic (exact) mass is 197 g/mol. The molecule has 0 fully saturated rings. The van der Waals surface area contributed by atoms with E-state index in [1.807, 2.05) is 17.7 Å². The van der Waals surface area contributed by atoms with Crippen LogP contribution < -0.4 is 0 Å². The molecule has 0 amide bonds. The number of rotatable bonds is 3. The molecule has 0 radical (unpaired) electrons. The van der Waals surface area contributed by atoms with Crippen molar-refractivity contribution < 1.29 is 0 Å². The van der Waals surface area contributed by atoms with E-state index in [1.165, 1.54) is 0 Å². The molecule has 0 aliphatic rings. The van der Waals surface area contributed by atoms with E-state index in [2.05, 4.69) is 23.9 Å². The van der Waals surface area contributed by atoms with Crippen molar-refractivity contribution in [1.29, 1.82) is 0 Å². The van der Waals surface area contributed by atoms with Crippen molar-refractivity contribution in [2.24, 2.45) is 0 Å². The van der Waals surface area contributed by atoms with E-state index in [1.54, 1.807) is 6.20 Å². The number of nitrogens with zero attached hydrogens (tertiary/aromatic N) is 3. The number of hydrogen-bond acceptors (Lipinski definition) is 3. The minimum atomic E-state index is 0.644. The minimum Gasteiger partial charge on any atom is -0.310 e. The summed E-state index contributed by atoms with van der Waals surface area (Å²) in [4.78, 5) is 6.29. The van der Waals surface area contributed by atoms with Crippen LogP contribution >= 0.6 is 12.2 Å². The third-order valence-corrected chi connectivity index (χ3v) is 2.26. The first-order valence-corrected chi connectivity index (χ1v) is 4.76. The molecule has 0 aliphatic heterocycles. The second-order valence-electron chi connectivity index (χ2n) is 3.20. The second-order valence-corrected chi connectivity index (χ2v) is 3.56. The topological polar surface area (TPSA) is 21.1 Å². The van der Waals surface area contributed by atoms with Gasteiger partial charge in [-0.05, 0) is 38.3 Å². The van der Waals surface area contributed by atoms with Gasteiger partial charge in [0.1, 0.15) is 0 Å². The molecule has 3 nitrogen and oxygen atoms in total. The van der Waals surface area contributed by atoms with Crippen LogP contribution in [0.1, 0.15) is 12.5 Å². The quantitative estimate of drug-likeness (QED) is 0.690. The summed E-state index contributed by atoms with van der Waals surface area (Å²) >= 11 is 5.10. The molecule has 0 saturated carbocycles. The Morgan fingerprint density at radius 2 is 2.31 bits per heavy atom. The van der Waals surface area contributed by atoms with Crippen molar-refractivity contribution in [2.75, 3.05) is 13.6 Å². The van der Waals surface area contributed by atoms with E-state index in [0.717, 1.165) is 18.8 Å². The van der Waals surface area contributed by atoms with Crippen LogP contribution in [0.4, 0.5) is 0 Å². The Bertz CT molecular complexity index is 332. The Labute approximate surface area is 84.0 Å². The highest BCUT2D eigenvalue weighted by molar-refractivity contribution is 7.71. The summed E-state index contributed by atoms with van der Waals surface area (Å²) in [5, 5.41) is 0. The van der Waals surface area contributed by atoms with Gasteiger partial charge in [-0.15, -0.1) is 0 Å². The molecule has 1 aromatic rings. The molecule has 13 heavy (non-hydrogen) atoms. The second kappa shape index (κ2) is 4.48. The Hall–Kier alpha value is -0.740. The first-order chi connectivity index (χ1) is 6.13. The molecule has 0 aromatic carbocycles. The summed E-state index contributed by atoms with van der Waals surface area (Å²) in [6, 6.07) is 0. The standard InChI is InChI=1S/C9H15N3S/c1-4-11(3)7-12-6-8(2)5-10-9(12)13/h5-6H,4,7H2,1-3H3. The summed E-state index contributed by atoms with van der Waals surface area (Å²) in [7, 11) is 2.06. The van der Waals surface area contributed by atoms with Crippen LogP contribution in [0.5, 0.6) is 0 Å². The van der Waals surface area contributed by atoms with Gasteiger partial charge in [0.05, 0.1) is 6.67 Å². The lowest BCUT2D eigenvalue weighted by Crippen LogP contribution is -2.22. The SMILES string of the molecule is CCN(C)Cn1cc(C)cnc1=S. The normalized spacial score (nSPS) is 10.8. The molecule has 4 heteroatoms. The molecule has 1 rings (SSSR count). The van der Waals surface area contributed by atoms with E-state index in [0.29, 0.717) is 4.77 Å². The molecule has 0 aliphatic carbocycles. The fraction of sp³-hybridized carbons (Fsp3) is 0.556. The number of aromatic nitrogens is 2. The molecule has 0 spiro atoms. The van der Waals surface area contributed by atoms with Crippen LogP contribution in [0.2, 0.25) is 0 Å². The van der Waals surface area contributed by atoms with Crippen molar-refractivity contribution in [3.05, 3.63) is 22.7 Å². The maximum absolute atomic E-state index is 5.10. The van der Waals surface area contributed by atoms with Crippen molar-refractivity contribution in [2.45, 2.75) is 20.5 Å². The zero-order valence-corrected chi connectivity index (χ0v) is 9.14. The minimum absolute atomic E-state index is 0.644. The van der Waals surface area contributed by atoms with Gasteiger partial charge in [0.25, 0.3) is 0 Å².